The lowest BCUT2D eigenvalue weighted by Gasteiger charge is -2.15. The molecule has 92 valence electrons. The molecule has 0 heterocycles. The summed E-state index contributed by atoms with van der Waals surface area (Å²) in [6.45, 7) is 3.99. The Kier molecular flexibility index (Phi) is 4.80. The van der Waals surface area contributed by atoms with Gasteiger partial charge < -0.3 is 14.6 Å². The SMILES string of the molecule is CCOc1cc(C(C#N)C(C)O)ccc1OC. The van der Waals surface area contributed by atoms with Crippen molar-refractivity contribution in [3.8, 4) is 17.6 Å². The number of ether oxygens (including phenoxy) is 2. The van der Waals surface area contributed by atoms with E-state index in [2.05, 4.69) is 6.07 Å². The first-order chi connectivity index (χ1) is 8.13. The number of methoxy groups -OCH3 is 1. The predicted octanol–water partition coefficient (Wildman–Crippen LogP) is 2.08. The fourth-order valence-electron chi connectivity index (χ4n) is 1.62. The van der Waals surface area contributed by atoms with Crippen LogP contribution < -0.4 is 9.47 Å². The molecule has 0 fully saturated rings. The van der Waals surface area contributed by atoms with Crippen LogP contribution in [0.2, 0.25) is 0 Å². The van der Waals surface area contributed by atoms with Crippen molar-refractivity contribution in [2.75, 3.05) is 13.7 Å². The molecule has 1 N–H and O–H groups in total. The minimum Gasteiger partial charge on any atom is -0.493 e. The van der Waals surface area contributed by atoms with Crippen LogP contribution in [0.3, 0.4) is 0 Å². The molecule has 0 aliphatic rings. The molecular weight excluding hydrogens is 218 g/mol. The van der Waals surface area contributed by atoms with E-state index in [9.17, 15) is 5.11 Å². The van der Waals surface area contributed by atoms with E-state index in [-0.39, 0.29) is 0 Å². The van der Waals surface area contributed by atoms with Gasteiger partial charge in [0.1, 0.15) is 0 Å². The van der Waals surface area contributed by atoms with Gasteiger partial charge >= 0.3 is 0 Å². The van der Waals surface area contributed by atoms with E-state index in [1.807, 2.05) is 6.92 Å². The molecule has 0 aliphatic heterocycles. The average Bonchev–Trinajstić information content (AvgIpc) is 2.30. The quantitative estimate of drug-likeness (QED) is 0.848. The maximum absolute atomic E-state index is 9.52. The second kappa shape index (κ2) is 6.12. The summed E-state index contributed by atoms with van der Waals surface area (Å²) < 4.78 is 10.6. The fourth-order valence-corrected chi connectivity index (χ4v) is 1.62. The van der Waals surface area contributed by atoms with Crippen molar-refractivity contribution >= 4 is 0 Å². The zero-order valence-corrected chi connectivity index (χ0v) is 10.3. The summed E-state index contributed by atoms with van der Waals surface area (Å²) >= 11 is 0. The second-order valence-corrected chi connectivity index (χ2v) is 3.69. The molecular formula is C13H17NO3. The Morgan fingerprint density at radius 3 is 2.59 bits per heavy atom. The number of aliphatic hydroxyl groups is 1. The van der Waals surface area contributed by atoms with E-state index in [0.717, 1.165) is 5.56 Å². The Balaban J connectivity index is 3.11. The van der Waals surface area contributed by atoms with Gasteiger partial charge in [0.25, 0.3) is 0 Å². The largest absolute Gasteiger partial charge is 0.493 e. The zero-order valence-electron chi connectivity index (χ0n) is 10.3. The number of hydrogen-bond acceptors (Lipinski definition) is 4. The summed E-state index contributed by atoms with van der Waals surface area (Å²) in [5.74, 6) is 0.659. The highest BCUT2D eigenvalue weighted by molar-refractivity contribution is 5.45. The van der Waals surface area contributed by atoms with Crippen LogP contribution in [-0.4, -0.2) is 24.9 Å². The smallest absolute Gasteiger partial charge is 0.161 e. The second-order valence-electron chi connectivity index (χ2n) is 3.69. The lowest BCUT2D eigenvalue weighted by molar-refractivity contribution is 0.181. The molecule has 1 aromatic carbocycles. The topological polar surface area (TPSA) is 62.5 Å². The molecule has 0 saturated heterocycles. The van der Waals surface area contributed by atoms with Gasteiger partial charge in [0.05, 0.1) is 31.8 Å². The zero-order chi connectivity index (χ0) is 12.8. The molecule has 0 bridgehead atoms. The van der Waals surface area contributed by atoms with Gasteiger partial charge in [-0.3, -0.25) is 0 Å². The first kappa shape index (κ1) is 13.3. The Morgan fingerprint density at radius 1 is 1.41 bits per heavy atom. The number of nitrogens with zero attached hydrogens (tertiary/aromatic N) is 1. The van der Waals surface area contributed by atoms with E-state index in [0.29, 0.717) is 18.1 Å². The first-order valence-corrected chi connectivity index (χ1v) is 5.52. The van der Waals surface area contributed by atoms with Crippen molar-refractivity contribution in [2.45, 2.75) is 25.9 Å². The van der Waals surface area contributed by atoms with E-state index in [1.54, 1.807) is 32.2 Å². The van der Waals surface area contributed by atoms with Crippen molar-refractivity contribution < 1.29 is 14.6 Å². The monoisotopic (exact) mass is 235 g/mol. The third kappa shape index (κ3) is 3.11. The van der Waals surface area contributed by atoms with Gasteiger partial charge in [-0.1, -0.05) is 6.07 Å². The van der Waals surface area contributed by atoms with Crippen molar-refractivity contribution in [2.24, 2.45) is 0 Å². The van der Waals surface area contributed by atoms with E-state index >= 15 is 0 Å². The molecule has 0 spiro atoms. The first-order valence-electron chi connectivity index (χ1n) is 5.52. The fraction of sp³-hybridized carbons (Fsp3) is 0.462. The van der Waals surface area contributed by atoms with Gasteiger partial charge in [-0.2, -0.15) is 5.26 Å². The van der Waals surface area contributed by atoms with E-state index in [4.69, 9.17) is 14.7 Å². The summed E-state index contributed by atoms with van der Waals surface area (Å²) in [5, 5.41) is 18.5. The van der Waals surface area contributed by atoms with Gasteiger partial charge in [-0.25, -0.2) is 0 Å². The van der Waals surface area contributed by atoms with Crippen LogP contribution in [0.25, 0.3) is 0 Å². The molecule has 2 atom stereocenters. The molecule has 0 amide bonds. The van der Waals surface area contributed by atoms with Gasteiger partial charge in [0.2, 0.25) is 0 Å². The highest BCUT2D eigenvalue weighted by atomic mass is 16.5. The van der Waals surface area contributed by atoms with Crippen LogP contribution in [0, 0.1) is 11.3 Å². The number of benzene rings is 1. The van der Waals surface area contributed by atoms with Crippen LogP contribution in [0.15, 0.2) is 18.2 Å². The minimum absolute atomic E-state index is 0.520. The van der Waals surface area contributed by atoms with Crippen LogP contribution in [0.4, 0.5) is 0 Å². The van der Waals surface area contributed by atoms with Gasteiger partial charge in [0, 0.05) is 0 Å². The molecule has 2 unspecified atom stereocenters. The summed E-state index contributed by atoms with van der Waals surface area (Å²) in [4.78, 5) is 0. The standard InChI is InChI=1S/C13H17NO3/c1-4-17-13-7-10(5-6-12(13)16-3)11(8-14)9(2)15/h5-7,9,11,15H,4H2,1-3H3. The Labute approximate surface area is 101 Å². The number of nitriles is 1. The molecule has 0 aromatic heterocycles. The number of rotatable bonds is 5. The van der Waals surface area contributed by atoms with Crippen molar-refractivity contribution in [3.05, 3.63) is 23.8 Å². The van der Waals surface area contributed by atoms with E-state index in [1.165, 1.54) is 0 Å². The highest BCUT2D eigenvalue weighted by Gasteiger charge is 2.18. The van der Waals surface area contributed by atoms with Crippen LogP contribution in [-0.2, 0) is 0 Å². The number of aliphatic hydroxyl groups excluding tert-OH is 1. The van der Waals surface area contributed by atoms with Crippen LogP contribution in [0.1, 0.15) is 25.3 Å². The molecule has 17 heavy (non-hydrogen) atoms. The Bertz CT molecular complexity index is 410. The molecule has 4 heteroatoms. The molecule has 0 saturated carbocycles. The Hall–Kier alpha value is -1.73. The summed E-state index contributed by atoms with van der Waals surface area (Å²) in [6.07, 6.45) is -0.720. The minimum atomic E-state index is -0.720. The summed E-state index contributed by atoms with van der Waals surface area (Å²) in [5.41, 5.74) is 0.728. The van der Waals surface area contributed by atoms with Crippen molar-refractivity contribution in [1.82, 2.24) is 0 Å². The average molecular weight is 235 g/mol. The maximum Gasteiger partial charge on any atom is 0.161 e. The Morgan fingerprint density at radius 2 is 2.12 bits per heavy atom. The van der Waals surface area contributed by atoms with Crippen LogP contribution >= 0.6 is 0 Å². The third-order valence-electron chi connectivity index (χ3n) is 2.47. The van der Waals surface area contributed by atoms with Crippen molar-refractivity contribution in [1.29, 1.82) is 5.26 Å². The lowest BCUT2D eigenvalue weighted by Crippen LogP contribution is -2.12. The van der Waals surface area contributed by atoms with Gasteiger partial charge in [-0.15, -0.1) is 0 Å². The van der Waals surface area contributed by atoms with Gasteiger partial charge in [-0.05, 0) is 31.5 Å². The summed E-state index contributed by atoms with van der Waals surface area (Å²) in [7, 11) is 1.56. The summed E-state index contributed by atoms with van der Waals surface area (Å²) in [6, 6.07) is 7.33. The van der Waals surface area contributed by atoms with Gasteiger partial charge in [0.15, 0.2) is 11.5 Å². The highest BCUT2D eigenvalue weighted by Crippen LogP contribution is 2.31. The van der Waals surface area contributed by atoms with E-state index < -0.39 is 12.0 Å². The third-order valence-corrected chi connectivity index (χ3v) is 2.47. The lowest BCUT2D eigenvalue weighted by atomic mass is 9.95. The normalized spacial score (nSPS) is 13.6. The maximum atomic E-state index is 9.52. The molecule has 0 aliphatic carbocycles. The van der Waals surface area contributed by atoms with Crippen LogP contribution in [0.5, 0.6) is 11.5 Å². The van der Waals surface area contributed by atoms with Crippen molar-refractivity contribution in [3.63, 3.8) is 0 Å². The number of hydrogen-bond donors (Lipinski definition) is 1. The molecule has 0 radical (unpaired) electrons. The molecule has 1 rings (SSSR count). The predicted molar refractivity (Wildman–Crippen MR) is 64.2 cm³/mol. The molecule has 4 nitrogen and oxygen atoms in total. The molecule has 1 aromatic rings.